The van der Waals surface area contributed by atoms with Gasteiger partial charge in [-0.3, -0.25) is 4.90 Å². The number of hydrogen-bond donors (Lipinski definition) is 0. The number of hydrogen-bond acceptors (Lipinski definition) is 5. The highest BCUT2D eigenvalue weighted by molar-refractivity contribution is 5.19. The largest absolute Gasteiger partial charge is 0.379 e. The summed E-state index contributed by atoms with van der Waals surface area (Å²) < 4.78 is 25.2. The van der Waals surface area contributed by atoms with E-state index >= 15 is 0 Å². The van der Waals surface area contributed by atoms with Gasteiger partial charge in [0.25, 0.3) is 0 Å². The fraction of sp³-hybridized carbons (Fsp3) is 0.893. The van der Waals surface area contributed by atoms with E-state index in [0.717, 1.165) is 79.8 Å². The lowest BCUT2D eigenvalue weighted by molar-refractivity contribution is -0.0657. The van der Waals surface area contributed by atoms with E-state index < -0.39 is 0 Å². The quantitative estimate of drug-likeness (QED) is 0.0498. The first kappa shape index (κ1) is 51.0. The molecule has 0 spiro atoms. The summed E-state index contributed by atoms with van der Waals surface area (Å²) >= 11 is 0. The van der Waals surface area contributed by atoms with Crippen LogP contribution in [-0.2, 0) is 18.9 Å². The summed E-state index contributed by atoms with van der Waals surface area (Å²) in [5.41, 5.74) is 1.75. The highest BCUT2D eigenvalue weighted by Gasteiger charge is 2.50. The van der Waals surface area contributed by atoms with Crippen LogP contribution in [0.3, 0.4) is 0 Å². The molecule has 0 radical (unpaired) electrons. The summed E-state index contributed by atoms with van der Waals surface area (Å²) in [5.74, 6) is 7.55. The molecule has 0 amide bonds. The maximum Gasteiger partial charge on any atom is 0.0936 e. The standard InChI is InChI=1S/C56H99NO4/c1-6-7-8-9-10-11-12-13-14-15-16-17-18-19-20-23-37-59-44-50(43-57-36-22-21-27-47(57)5)61-41-39-58-38-40-60-49-29-31-52-48(42-49)28-30-55-54(52)35-34-53-51(32-33-56(53)55)46(4)26-24-25-45(2)3/h10-11,13-14,28,45-47,49-56H,6-9,12,15-27,29-44H2,1-5H3/t46-,47+,49+,50?,51-,52?,53?,54?,55?,56?/m1/s1. The lowest BCUT2D eigenvalue weighted by atomic mass is 9.56. The topological polar surface area (TPSA) is 40.2 Å². The number of fused-ring (bicyclic) bond motifs is 5. The molecule has 1 heterocycles. The van der Waals surface area contributed by atoms with Crippen molar-refractivity contribution in [2.24, 2.45) is 47.3 Å². The van der Waals surface area contributed by atoms with Gasteiger partial charge in [0.05, 0.1) is 45.2 Å². The average Bonchev–Trinajstić information content (AvgIpc) is 3.71. The minimum Gasteiger partial charge on any atom is -0.379 e. The van der Waals surface area contributed by atoms with Crippen LogP contribution in [0.1, 0.15) is 202 Å². The van der Waals surface area contributed by atoms with Crippen LogP contribution < -0.4 is 0 Å². The van der Waals surface area contributed by atoms with Gasteiger partial charge in [-0.25, -0.2) is 0 Å². The Morgan fingerprint density at radius 3 is 2.23 bits per heavy atom. The Morgan fingerprint density at radius 2 is 1.43 bits per heavy atom. The van der Waals surface area contributed by atoms with Gasteiger partial charge in [0, 0.05) is 19.2 Å². The fourth-order valence-electron chi connectivity index (χ4n) is 12.7. The highest BCUT2D eigenvalue weighted by atomic mass is 16.6. The van der Waals surface area contributed by atoms with Gasteiger partial charge in [-0.05, 0) is 164 Å². The third-order valence-corrected chi connectivity index (χ3v) is 16.3. The monoisotopic (exact) mass is 850 g/mol. The maximum absolute atomic E-state index is 6.47. The first-order valence-corrected chi connectivity index (χ1v) is 27.1. The zero-order valence-electron chi connectivity index (χ0n) is 40.9. The number of rotatable bonds is 32. The van der Waals surface area contributed by atoms with Crippen molar-refractivity contribution < 1.29 is 18.9 Å². The van der Waals surface area contributed by atoms with Gasteiger partial charge in [0.2, 0.25) is 0 Å². The van der Waals surface area contributed by atoms with Gasteiger partial charge in [0.15, 0.2) is 0 Å². The third-order valence-electron chi connectivity index (χ3n) is 16.3. The summed E-state index contributed by atoms with van der Waals surface area (Å²) in [4.78, 5) is 2.62. The lowest BCUT2D eigenvalue weighted by Gasteiger charge is -2.50. The van der Waals surface area contributed by atoms with E-state index in [0.29, 0.717) is 45.2 Å². The summed E-state index contributed by atoms with van der Waals surface area (Å²) in [7, 11) is 0. The molecule has 352 valence electrons. The summed E-state index contributed by atoms with van der Waals surface area (Å²) in [6.07, 6.45) is 47.2. The van der Waals surface area contributed by atoms with Crippen molar-refractivity contribution in [1.82, 2.24) is 4.90 Å². The number of nitrogens with zero attached hydrogens (tertiary/aromatic N) is 1. The smallest absolute Gasteiger partial charge is 0.0936 e. The zero-order chi connectivity index (χ0) is 42.9. The van der Waals surface area contributed by atoms with E-state index in [4.69, 9.17) is 18.9 Å². The van der Waals surface area contributed by atoms with Crippen molar-refractivity contribution >= 4 is 0 Å². The van der Waals surface area contributed by atoms with Gasteiger partial charge >= 0.3 is 0 Å². The minimum atomic E-state index is 0.108. The molecule has 0 aromatic heterocycles. The van der Waals surface area contributed by atoms with Crippen LogP contribution in [0.25, 0.3) is 0 Å². The Hall–Kier alpha value is -0.980. The van der Waals surface area contributed by atoms with Crippen molar-refractivity contribution in [3.05, 3.63) is 36.0 Å². The normalized spacial score (nSPS) is 29.2. The molecule has 5 aliphatic rings. The van der Waals surface area contributed by atoms with E-state index in [1.54, 1.807) is 5.57 Å². The van der Waals surface area contributed by atoms with Crippen LogP contribution in [0, 0.1) is 47.3 Å². The van der Waals surface area contributed by atoms with Crippen molar-refractivity contribution in [1.29, 1.82) is 0 Å². The van der Waals surface area contributed by atoms with E-state index in [2.05, 4.69) is 69.9 Å². The van der Waals surface area contributed by atoms with Crippen LogP contribution in [-0.4, -0.2) is 75.9 Å². The van der Waals surface area contributed by atoms with Gasteiger partial charge in [-0.15, -0.1) is 0 Å². The van der Waals surface area contributed by atoms with Gasteiger partial charge < -0.3 is 18.9 Å². The molecule has 5 heteroatoms. The molecule has 3 saturated carbocycles. The number of likely N-dealkylation sites (tertiary alicyclic amines) is 1. The molecule has 1 saturated heterocycles. The maximum atomic E-state index is 6.47. The van der Waals surface area contributed by atoms with Crippen LogP contribution >= 0.6 is 0 Å². The van der Waals surface area contributed by atoms with Crippen molar-refractivity contribution in [3.63, 3.8) is 0 Å². The van der Waals surface area contributed by atoms with Crippen LogP contribution in [0.2, 0.25) is 0 Å². The second-order valence-corrected chi connectivity index (χ2v) is 21.3. The molecule has 4 aliphatic carbocycles. The van der Waals surface area contributed by atoms with Crippen molar-refractivity contribution in [3.8, 4) is 0 Å². The highest BCUT2D eigenvalue weighted by Crippen LogP contribution is 2.59. The summed E-state index contributed by atoms with van der Waals surface area (Å²) in [6.45, 7) is 18.3. The SMILES string of the molecule is CCCCCC=CCC=CCCCCCCCCOCC(CN1CCCC[C@@H]1C)OCCOCCO[C@H]1CCC2C(=CCC3C2CCC2C3CC[C@@H]2[C@H](C)CCCC(C)C)C1. The molecule has 4 fully saturated rings. The van der Waals surface area contributed by atoms with Crippen molar-refractivity contribution in [2.45, 2.75) is 220 Å². The molecule has 61 heavy (non-hydrogen) atoms. The Kier molecular flexibility index (Phi) is 25.3. The van der Waals surface area contributed by atoms with E-state index in [-0.39, 0.29) is 6.10 Å². The number of unbranched alkanes of at least 4 members (excludes halogenated alkanes) is 9. The van der Waals surface area contributed by atoms with Gasteiger partial charge in [0.1, 0.15) is 0 Å². The third kappa shape index (κ3) is 18.4. The first-order chi connectivity index (χ1) is 29.9. The molecule has 0 N–H and O–H groups in total. The Bertz CT molecular complexity index is 1210. The Labute approximate surface area is 378 Å². The molecule has 0 bridgehead atoms. The predicted molar refractivity (Wildman–Crippen MR) is 259 cm³/mol. The average molecular weight is 850 g/mol. The molecular formula is C56H99NO4. The second-order valence-electron chi connectivity index (χ2n) is 21.3. The Morgan fingerprint density at radius 1 is 0.672 bits per heavy atom. The number of allylic oxidation sites excluding steroid dienone is 5. The van der Waals surface area contributed by atoms with Gasteiger partial charge in [-0.1, -0.05) is 128 Å². The first-order valence-electron chi connectivity index (χ1n) is 27.1. The fourth-order valence-corrected chi connectivity index (χ4v) is 12.7. The Balaban J connectivity index is 0.895. The van der Waals surface area contributed by atoms with Gasteiger partial charge in [-0.2, -0.15) is 0 Å². The second kappa shape index (κ2) is 30.3. The molecule has 0 aromatic carbocycles. The molecule has 5 rings (SSSR count). The number of ether oxygens (including phenoxy) is 4. The molecule has 10 atom stereocenters. The van der Waals surface area contributed by atoms with Crippen LogP contribution in [0.15, 0.2) is 36.0 Å². The van der Waals surface area contributed by atoms with Crippen LogP contribution in [0.4, 0.5) is 0 Å². The predicted octanol–water partition coefficient (Wildman–Crippen LogP) is 14.7. The lowest BCUT2D eigenvalue weighted by Crippen LogP contribution is -2.44. The van der Waals surface area contributed by atoms with E-state index in [1.807, 2.05) is 0 Å². The molecule has 1 aliphatic heterocycles. The molecular weight excluding hydrogens is 751 g/mol. The minimum absolute atomic E-state index is 0.108. The number of piperidine rings is 1. The van der Waals surface area contributed by atoms with Crippen LogP contribution in [0.5, 0.6) is 0 Å². The van der Waals surface area contributed by atoms with Crippen molar-refractivity contribution in [2.75, 3.05) is 52.7 Å². The van der Waals surface area contributed by atoms with E-state index in [9.17, 15) is 0 Å². The zero-order valence-corrected chi connectivity index (χ0v) is 40.9. The molecule has 5 nitrogen and oxygen atoms in total. The summed E-state index contributed by atoms with van der Waals surface area (Å²) in [6, 6.07) is 0.634. The molecule has 0 aromatic rings. The summed E-state index contributed by atoms with van der Waals surface area (Å²) in [5, 5.41) is 0. The van der Waals surface area contributed by atoms with E-state index in [1.165, 1.54) is 154 Å². The molecule has 6 unspecified atom stereocenters.